The number of nitrogens with one attached hydrogen (secondary N) is 3. The molecule has 72 heavy (non-hydrogen) atoms. The Hall–Kier alpha value is -7.42. The zero-order valence-corrected chi connectivity index (χ0v) is 39.6. The van der Waals surface area contributed by atoms with Gasteiger partial charge in [-0.25, -0.2) is 19.7 Å². The third-order valence-corrected chi connectivity index (χ3v) is 14.5. The molecule has 10 rings (SSSR count). The van der Waals surface area contributed by atoms with Gasteiger partial charge in [0.15, 0.2) is 0 Å². The number of amides is 6. The van der Waals surface area contributed by atoms with E-state index in [0.29, 0.717) is 67.6 Å². The number of alkyl halides is 3. The van der Waals surface area contributed by atoms with Crippen molar-refractivity contribution in [2.24, 2.45) is 5.92 Å². The average molecular weight is 988 g/mol. The van der Waals surface area contributed by atoms with Crippen LogP contribution in [0.25, 0.3) is 28.2 Å². The van der Waals surface area contributed by atoms with Crippen molar-refractivity contribution in [3.8, 4) is 11.3 Å². The molecule has 5 N–H and O–H groups in total. The molecule has 4 saturated heterocycles. The van der Waals surface area contributed by atoms with Gasteiger partial charge in [0.25, 0.3) is 5.91 Å². The zero-order valence-electron chi connectivity index (χ0n) is 39.6. The van der Waals surface area contributed by atoms with Gasteiger partial charge in [-0.1, -0.05) is 36.8 Å². The molecule has 5 aromatic rings. The number of hydrogen-bond donors (Lipinski definition) is 4. The van der Waals surface area contributed by atoms with Gasteiger partial charge in [-0.3, -0.25) is 34.1 Å². The predicted octanol–water partition coefficient (Wildman–Crippen LogP) is 6.02. The molecular weight excluding hydrogens is 932 g/mol. The van der Waals surface area contributed by atoms with Crippen molar-refractivity contribution in [3.05, 3.63) is 95.5 Å². The van der Waals surface area contributed by atoms with E-state index in [2.05, 4.69) is 47.9 Å². The molecule has 21 heteroatoms. The van der Waals surface area contributed by atoms with Gasteiger partial charge in [0.2, 0.25) is 17.7 Å². The van der Waals surface area contributed by atoms with Crippen LogP contribution in [0.1, 0.15) is 90.9 Å². The molecule has 9 heterocycles. The van der Waals surface area contributed by atoms with Crippen molar-refractivity contribution < 1.29 is 37.1 Å². The number of piperidine rings is 1. The summed E-state index contributed by atoms with van der Waals surface area (Å²) in [5, 5.41) is 13.7. The summed E-state index contributed by atoms with van der Waals surface area (Å²) >= 11 is 0. The fraction of sp³-hybridized carbons (Fsp3) is 0.431. The summed E-state index contributed by atoms with van der Waals surface area (Å²) in [6, 6.07) is 10.7. The number of nitrogens with zero attached hydrogens (tertiary/aromatic N) is 9. The lowest BCUT2D eigenvalue weighted by molar-refractivity contribution is -0.139. The number of carbonyl (C=O) groups excluding carboxylic acids is 5. The first-order valence-electron chi connectivity index (χ1n) is 24.6. The van der Waals surface area contributed by atoms with Crippen LogP contribution < -0.4 is 26.6 Å². The van der Waals surface area contributed by atoms with Crippen molar-refractivity contribution in [1.29, 1.82) is 0 Å². The number of urea groups is 1. The number of halogens is 3. The fourth-order valence-corrected chi connectivity index (χ4v) is 10.5. The summed E-state index contributed by atoms with van der Waals surface area (Å²) in [6.45, 7) is 4.86. The molecule has 0 unspecified atom stereocenters. The molecule has 2 bridgehead atoms. The quantitative estimate of drug-likeness (QED) is 0.133. The molecular formula is C51H56F3N13O5. The van der Waals surface area contributed by atoms with E-state index in [-0.39, 0.29) is 59.5 Å². The Kier molecular flexibility index (Phi) is 13.6. The van der Waals surface area contributed by atoms with Gasteiger partial charge < -0.3 is 31.1 Å². The highest BCUT2D eigenvalue weighted by atomic mass is 19.4. The van der Waals surface area contributed by atoms with E-state index < -0.39 is 29.7 Å². The van der Waals surface area contributed by atoms with Gasteiger partial charge in [0.05, 0.1) is 28.6 Å². The summed E-state index contributed by atoms with van der Waals surface area (Å²) in [7, 11) is 0. The van der Waals surface area contributed by atoms with Crippen LogP contribution in [-0.2, 0) is 27.1 Å². The van der Waals surface area contributed by atoms with Crippen LogP contribution in [0.3, 0.4) is 0 Å². The molecule has 0 spiro atoms. The number of anilines is 3. The van der Waals surface area contributed by atoms with E-state index in [4.69, 9.17) is 15.8 Å². The van der Waals surface area contributed by atoms with Crippen molar-refractivity contribution in [1.82, 2.24) is 50.1 Å². The highest BCUT2D eigenvalue weighted by Crippen LogP contribution is 2.40. The van der Waals surface area contributed by atoms with Crippen LogP contribution in [0.15, 0.2) is 73.2 Å². The second kappa shape index (κ2) is 20.4. The Bertz CT molecular complexity index is 2900. The van der Waals surface area contributed by atoms with Crippen LogP contribution in [0, 0.1) is 5.92 Å². The fourth-order valence-electron chi connectivity index (χ4n) is 10.5. The Morgan fingerprint density at radius 3 is 2.44 bits per heavy atom. The van der Waals surface area contributed by atoms with E-state index in [9.17, 15) is 37.1 Å². The topological polar surface area (TPSA) is 217 Å². The number of rotatable bonds is 9. The van der Waals surface area contributed by atoms with Crippen LogP contribution in [0.5, 0.6) is 0 Å². The minimum Gasteiger partial charge on any atom is -0.383 e. The van der Waals surface area contributed by atoms with E-state index in [1.54, 1.807) is 40.3 Å². The van der Waals surface area contributed by atoms with Crippen molar-refractivity contribution in [2.45, 2.75) is 88.6 Å². The lowest BCUT2D eigenvalue weighted by Crippen LogP contribution is -2.65. The second-order valence-electron chi connectivity index (χ2n) is 19.4. The van der Waals surface area contributed by atoms with Gasteiger partial charge in [-0.15, -0.1) is 0 Å². The molecule has 1 aromatic carbocycles. The van der Waals surface area contributed by atoms with E-state index in [1.807, 2.05) is 23.0 Å². The molecule has 376 valence electrons. The SMILES string of the molecule is Nc1ncc2c3c1c(-c1ccc(C(=O)Nc4cc(C(F)(F)F)ccn4)cc1)nn3[C@H]1C[C@H](C(=O)NCCCCC/C=C/2)N(C(=O)CC2CCN(Cc3ccc(N4CC(N5CCC(=O)NC5=O)C4)nc3)CC2)C1. The van der Waals surface area contributed by atoms with Gasteiger partial charge in [-0.05, 0) is 87.0 Å². The molecule has 5 aliphatic rings. The minimum atomic E-state index is -4.60. The van der Waals surface area contributed by atoms with Crippen LogP contribution in [0.2, 0.25) is 0 Å². The van der Waals surface area contributed by atoms with E-state index in [1.165, 1.54) is 0 Å². The Balaban J connectivity index is 0.819. The standard InChI is InChI=1S/C51H56F3N13O5/c52-51(53,54)36-13-18-56-40(23-36)60-48(70)34-10-8-33(9-11-34)45-44-46-35(26-59-47(44)55)6-4-2-1-3-5-17-57-49(71)39-24-37(67(46)62-45)30-66(39)43(69)22-31-14-19-63(20-15-31)27-32-7-12-41(58-25-32)64-28-38(29-64)65-21-16-42(68)61-50(65)72/h4,6-13,18,23,25-26,31,37-39H,1-3,5,14-17,19-22,24,27-30H2,(H2,55,59)(H,57,71)(H,56,60,70)(H,61,68,72)/b6-4+/t37-,39+/m0/s1. The maximum Gasteiger partial charge on any atom is 0.416 e. The summed E-state index contributed by atoms with van der Waals surface area (Å²) in [6.07, 6.45) is 10.1. The summed E-state index contributed by atoms with van der Waals surface area (Å²) < 4.78 is 41.9. The van der Waals surface area contributed by atoms with Crippen LogP contribution in [0.4, 0.5) is 35.4 Å². The average Bonchev–Trinajstić information content (AvgIpc) is 3.98. The first-order chi connectivity index (χ1) is 34.7. The number of fused-ring (bicyclic) bond motifs is 3. The first kappa shape index (κ1) is 48.2. The highest BCUT2D eigenvalue weighted by molar-refractivity contribution is 6.06. The Labute approximate surface area is 413 Å². The number of pyridine rings is 3. The smallest absolute Gasteiger partial charge is 0.383 e. The highest BCUT2D eigenvalue weighted by Gasteiger charge is 2.43. The lowest BCUT2D eigenvalue weighted by Gasteiger charge is -2.46. The van der Waals surface area contributed by atoms with Gasteiger partial charge >= 0.3 is 12.2 Å². The number of likely N-dealkylation sites (tertiary alicyclic amines) is 2. The van der Waals surface area contributed by atoms with Gasteiger partial charge in [0, 0.05) is 93.8 Å². The predicted molar refractivity (Wildman–Crippen MR) is 262 cm³/mol. The molecule has 4 aromatic heterocycles. The summed E-state index contributed by atoms with van der Waals surface area (Å²) in [5.74, 6) is -0.184. The van der Waals surface area contributed by atoms with E-state index in [0.717, 1.165) is 93.4 Å². The third kappa shape index (κ3) is 10.3. The molecule has 2 atom stereocenters. The molecule has 18 nitrogen and oxygen atoms in total. The van der Waals surface area contributed by atoms with Gasteiger partial charge in [-0.2, -0.15) is 18.3 Å². The maximum absolute atomic E-state index is 14.5. The summed E-state index contributed by atoms with van der Waals surface area (Å²) in [5.41, 5.74) is 9.54. The van der Waals surface area contributed by atoms with E-state index >= 15 is 0 Å². The number of aromatic nitrogens is 5. The van der Waals surface area contributed by atoms with Crippen molar-refractivity contribution in [3.63, 3.8) is 0 Å². The number of hydrogen-bond acceptors (Lipinski definition) is 12. The number of carbonyl (C=O) groups is 5. The van der Waals surface area contributed by atoms with Crippen molar-refractivity contribution in [2.75, 3.05) is 61.8 Å². The largest absolute Gasteiger partial charge is 0.416 e. The molecule has 0 aliphatic carbocycles. The monoisotopic (exact) mass is 987 g/mol. The number of allylic oxidation sites excluding steroid dienone is 1. The third-order valence-electron chi connectivity index (χ3n) is 14.5. The minimum absolute atomic E-state index is 0.0468. The zero-order chi connectivity index (χ0) is 50.1. The van der Waals surface area contributed by atoms with Gasteiger partial charge in [0.1, 0.15) is 29.2 Å². The molecule has 5 aliphatic heterocycles. The number of nitrogens with two attached hydrogens (primary N) is 1. The molecule has 4 fully saturated rings. The number of imide groups is 1. The number of benzene rings is 1. The first-order valence-corrected chi connectivity index (χ1v) is 24.6. The lowest BCUT2D eigenvalue weighted by atomic mass is 9.92. The van der Waals surface area contributed by atoms with Crippen LogP contribution >= 0.6 is 0 Å². The molecule has 0 radical (unpaired) electrons. The second-order valence-corrected chi connectivity index (χ2v) is 19.4. The summed E-state index contributed by atoms with van der Waals surface area (Å²) in [4.78, 5) is 86.6. The number of nitrogen functional groups attached to an aromatic ring is 1. The molecule has 6 amide bonds. The Morgan fingerprint density at radius 2 is 1.69 bits per heavy atom. The normalized spacial score (nSPS) is 21.2. The van der Waals surface area contributed by atoms with Crippen LogP contribution in [-0.4, -0.2) is 127 Å². The molecule has 0 saturated carbocycles. The Morgan fingerprint density at radius 1 is 0.889 bits per heavy atom. The maximum atomic E-state index is 14.5. The van der Waals surface area contributed by atoms with Crippen molar-refractivity contribution >= 4 is 64.1 Å².